The highest BCUT2D eigenvalue weighted by atomic mass is 35.5. The monoisotopic (exact) mass is 327 g/mol. The standard InChI is InChI=1S/C18H18ClN3O/c1-23-17-7-5-14(6-8-17)18-15(12-21-22-18)11-20-10-13-3-2-4-16(19)9-13/h2-9,12,20H,10-11H2,1H3,(H,21,22). The van der Waals surface area contributed by atoms with Crippen LogP contribution in [-0.2, 0) is 13.1 Å². The van der Waals surface area contributed by atoms with Crippen LogP contribution in [0, 0.1) is 0 Å². The lowest BCUT2D eigenvalue weighted by molar-refractivity contribution is 0.415. The van der Waals surface area contributed by atoms with Gasteiger partial charge < -0.3 is 10.1 Å². The predicted molar refractivity (Wildman–Crippen MR) is 92.6 cm³/mol. The van der Waals surface area contributed by atoms with Gasteiger partial charge in [0.05, 0.1) is 19.0 Å². The van der Waals surface area contributed by atoms with Gasteiger partial charge in [0.15, 0.2) is 0 Å². The van der Waals surface area contributed by atoms with Crippen LogP contribution in [0.15, 0.2) is 54.7 Å². The van der Waals surface area contributed by atoms with Gasteiger partial charge in [-0.1, -0.05) is 23.7 Å². The summed E-state index contributed by atoms with van der Waals surface area (Å²) < 4.78 is 5.19. The van der Waals surface area contributed by atoms with Crippen LogP contribution < -0.4 is 10.1 Å². The normalized spacial score (nSPS) is 10.7. The molecule has 118 valence electrons. The summed E-state index contributed by atoms with van der Waals surface area (Å²) in [6.07, 6.45) is 1.85. The molecule has 0 aliphatic rings. The SMILES string of the molecule is COc1ccc(-c2[nH]ncc2CNCc2cccc(Cl)c2)cc1. The Balaban J connectivity index is 1.66. The van der Waals surface area contributed by atoms with Gasteiger partial charge in [0.25, 0.3) is 0 Å². The largest absolute Gasteiger partial charge is 0.497 e. The number of nitrogens with one attached hydrogen (secondary N) is 2. The number of aromatic nitrogens is 2. The fourth-order valence-electron chi connectivity index (χ4n) is 2.44. The van der Waals surface area contributed by atoms with Crippen molar-refractivity contribution in [3.8, 4) is 17.0 Å². The summed E-state index contributed by atoms with van der Waals surface area (Å²) in [6.45, 7) is 1.48. The lowest BCUT2D eigenvalue weighted by Gasteiger charge is -2.07. The zero-order valence-electron chi connectivity index (χ0n) is 12.8. The van der Waals surface area contributed by atoms with Crippen molar-refractivity contribution in [3.63, 3.8) is 0 Å². The van der Waals surface area contributed by atoms with E-state index in [1.165, 1.54) is 0 Å². The van der Waals surface area contributed by atoms with Crippen LogP contribution in [0.1, 0.15) is 11.1 Å². The van der Waals surface area contributed by atoms with Crippen molar-refractivity contribution in [2.24, 2.45) is 0 Å². The lowest BCUT2D eigenvalue weighted by atomic mass is 10.1. The number of H-pyrrole nitrogens is 1. The van der Waals surface area contributed by atoms with Crippen LogP contribution in [0.3, 0.4) is 0 Å². The molecule has 3 aromatic rings. The Kier molecular flexibility index (Phi) is 4.95. The molecule has 0 atom stereocenters. The van der Waals surface area contributed by atoms with Crippen LogP contribution >= 0.6 is 11.6 Å². The fourth-order valence-corrected chi connectivity index (χ4v) is 2.65. The molecule has 1 heterocycles. The summed E-state index contributed by atoms with van der Waals surface area (Å²) in [4.78, 5) is 0. The molecule has 0 saturated heterocycles. The van der Waals surface area contributed by atoms with Gasteiger partial charge in [0.1, 0.15) is 5.75 Å². The van der Waals surface area contributed by atoms with Gasteiger partial charge in [0.2, 0.25) is 0 Å². The van der Waals surface area contributed by atoms with Crippen LogP contribution in [-0.4, -0.2) is 17.3 Å². The zero-order valence-corrected chi connectivity index (χ0v) is 13.6. The number of methoxy groups -OCH3 is 1. The van der Waals surface area contributed by atoms with Crippen molar-refractivity contribution in [1.29, 1.82) is 0 Å². The van der Waals surface area contributed by atoms with E-state index in [4.69, 9.17) is 16.3 Å². The van der Waals surface area contributed by atoms with Gasteiger partial charge in [0, 0.05) is 29.2 Å². The molecule has 0 aliphatic carbocycles. The topological polar surface area (TPSA) is 49.9 Å². The molecule has 5 heteroatoms. The van der Waals surface area contributed by atoms with Crippen LogP contribution in [0.4, 0.5) is 0 Å². The first kappa shape index (κ1) is 15.6. The second kappa shape index (κ2) is 7.31. The number of rotatable bonds is 6. The molecule has 0 amide bonds. The Hall–Kier alpha value is -2.30. The van der Waals surface area contributed by atoms with Crippen molar-refractivity contribution in [3.05, 3.63) is 70.9 Å². The number of hydrogen-bond donors (Lipinski definition) is 2. The molecule has 3 rings (SSSR count). The van der Waals surface area contributed by atoms with Gasteiger partial charge >= 0.3 is 0 Å². The van der Waals surface area contributed by atoms with Gasteiger partial charge in [-0.25, -0.2) is 0 Å². The second-order valence-corrected chi connectivity index (χ2v) is 5.67. The van der Waals surface area contributed by atoms with Crippen LogP contribution in [0.25, 0.3) is 11.3 Å². The Morgan fingerprint density at radius 1 is 1.13 bits per heavy atom. The average molecular weight is 328 g/mol. The molecule has 0 bridgehead atoms. The molecule has 2 N–H and O–H groups in total. The summed E-state index contributed by atoms with van der Waals surface area (Å²) >= 11 is 6.00. The highest BCUT2D eigenvalue weighted by Crippen LogP contribution is 2.23. The molecular formula is C18H18ClN3O. The predicted octanol–water partition coefficient (Wildman–Crippen LogP) is 4.03. The van der Waals surface area contributed by atoms with Gasteiger partial charge in [-0.05, 0) is 42.0 Å². The van der Waals surface area contributed by atoms with Crippen molar-refractivity contribution >= 4 is 11.6 Å². The van der Waals surface area contributed by atoms with E-state index in [0.29, 0.717) is 0 Å². The van der Waals surface area contributed by atoms with E-state index in [0.717, 1.165) is 46.2 Å². The third-order valence-corrected chi connectivity index (χ3v) is 3.87. The molecule has 4 nitrogen and oxygen atoms in total. The second-order valence-electron chi connectivity index (χ2n) is 5.23. The minimum atomic E-state index is 0.727. The van der Waals surface area contributed by atoms with Crippen molar-refractivity contribution in [1.82, 2.24) is 15.5 Å². The van der Waals surface area contributed by atoms with Gasteiger partial charge in [-0.3, -0.25) is 5.10 Å². The first-order chi connectivity index (χ1) is 11.3. The molecule has 0 fully saturated rings. The molecule has 0 unspecified atom stereocenters. The maximum atomic E-state index is 6.00. The van der Waals surface area contributed by atoms with E-state index < -0.39 is 0 Å². The maximum Gasteiger partial charge on any atom is 0.118 e. The van der Waals surface area contributed by atoms with Crippen molar-refractivity contribution < 1.29 is 4.74 Å². The summed E-state index contributed by atoms with van der Waals surface area (Å²) in [5, 5.41) is 11.4. The van der Waals surface area contributed by atoms with Crippen molar-refractivity contribution in [2.45, 2.75) is 13.1 Å². The molecule has 0 saturated carbocycles. The summed E-state index contributed by atoms with van der Waals surface area (Å²) in [5.41, 5.74) is 4.39. The smallest absolute Gasteiger partial charge is 0.118 e. The quantitative estimate of drug-likeness (QED) is 0.718. The Labute approximate surface area is 140 Å². The molecule has 23 heavy (non-hydrogen) atoms. The van der Waals surface area contributed by atoms with Gasteiger partial charge in [-0.2, -0.15) is 5.10 Å². The molecule has 0 spiro atoms. The summed E-state index contributed by atoms with van der Waals surface area (Å²) in [5.74, 6) is 0.842. The van der Waals surface area contributed by atoms with E-state index >= 15 is 0 Å². The van der Waals surface area contributed by atoms with E-state index in [2.05, 4.69) is 21.6 Å². The van der Waals surface area contributed by atoms with E-state index in [-0.39, 0.29) is 0 Å². The number of aromatic amines is 1. The van der Waals surface area contributed by atoms with E-state index in [1.54, 1.807) is 7.11 Å². The highest BCUT2D eigenvalue weighted by molar-refractivity contribution is 6.30. The fraction of sp³-hybridized carbons (Fsp3) is 0.167. The maximum absolute atomic E-state index is 6.00. The molecular weight excluding hydrogens is 310 g/mol. The Bertz CT molecular complexity index is 768. The Morgan fingerprint density at radius 2 is 1.96 bits per heavy atom. The third-order valence-electron chi connectivity index (χ3n) is 3.63. The molecule has 0 radical (unpaired) electrons. The third kappa shape index (κ3) is 3.92. The van der Waals surface area contributed by atoms with Crippen molar-refractivity contribution in [2.75, 3.05) is 7.11 Å². The number of hydrogen-bond acceptors (Lipinski definition) is 3. The highest BCUT2D eigenvalue weighted by Gasteiger charge is 2.07. The van der Waals surface area contributed by atoms with E-state index in [9.17, 15) is 0 Å². The number of benzene rings is 2. The molecule has 1 aromatic heterocycles. The zero-order chi connectivity index (χ0) is 16.1. The van der Waals surface area contributed by atoms with Gasteiger partial charge in [-0.15, -0.1) is 0 Å². The molecule has 0 aliphatic heterocycles. The molecule has 2 aromatic carbocycles. The summed E-state index contributed by atoms with van der Waals surface area (Å²) in [6, 6.07) is 15.8. The number of nitrogens with zero attached hydrogens (tertiary/aromatic N) is 1. The summed E-state index contributed by atoms with van der Waals surface area (Å²) in [7, 11) is 1.66. The lowest BCUT2D eigenvalue weighted by Crippen LogP contribution is -2.12. The first-order valence-corrected chi connectivity index (χ1v) is 7.76. The van der Waals surface area contributed by atoms with Crippen LogP contribution in [0.2, 0.25) is 5.02 Å². The minimum absolute atomic E-state index is 0.727. The minimum Gasteiger partial charge on any atom is -0.497 e. The number of ether oxygens (including phenoxy) is 1. The average Bonchev–Trinajstić information content (AvgIpc) is 3.03. The Morgan fingerprint density at radius 3 is 2.70 bits per heavy atom. The van der Waals surface area contributed by atoms with E-state index in [1.807, 2.05) is 48.7 Å². The first-order valence-electron chi connectivity index (χ1n) is 7.38. The number of halogens is 1. The van der Waals surface area contributed by atoms with Crippen LogP contribution in [0.5, 0.6) is 5.75 Å².